The molecule has 0 heterocycles. The molecule has 0 amide bonds. The molecule has 2 atom stereocenters. The molecule has 0 aliphatic rings. The molecule has 0 radical (unpaired) electrons. The molecule has 6 heteroatoms. The van der Waals surface area contributed by atoms with Crippen LogP contribution in [0.2, 0.25) is 0 Å². The Kier molecular flexibility index (Phi) is 5.44. The van der Waals surface area contributed by atoms with Gasteiger partial charge in [0, 0.05) is 12.1 Å². The lowest BCUT2D eigenvalue weighted by Gasteiger charge is -2.16. The standard InChI is InChI=1S/C13H18N2O4/c1-3-9(2)12(14)13(16)19-8-10-4-6-11(7-5-10)15(17)18/h4-7,9,12H,3,8,14H2,1-2H3/t9-,12-/m0/s1. The summed E-state index contributed by atoms with van der Waals surface area (Å²) in [5, 5.41) is 10.5. The van der Waals surface area contributed by atoms with E-state index < -0.39 is 16.9 Å². The SMILES string of the molecule is CC[C@H](C)[C@H](N)C(=O)OCc1ccc([N+](=O)[O-])cc1. The first kappa shape index (κ1) is 15.1. The van der Waals surface area contributed by atoms with Gasteiger partial charge in [-0.25, -0.2) is 0 Å². The Labute approximate surface area is 111 Å². The lowest BCUT2D eigenvalue weighted by molar-refractivity contribution is -0.384. The zero-order valence-corrected chi connectivity index (χ0v) is 11.0. The van der Waals surface area contributed by atoms with Crippen molar-refractivity contribution in [1.82, 2.24) is 0 Å². The molecular weight excluding hydrogens is 248 g/mol. The summed E-state index contributed by atoms with van der Waals surface area (Å²) in [5.41, 5.74) is 6.43. The van der Waals surface area contributed by atoms with Crippen LogP contribution in [-0.2, 0) is 16.1 Å². The molecule has 19 heavy (non-hydrogen) atoms. The van der Waals surface area contributed by atoms with Gasteiger partial charge in [-0.2, -0.15) is 0 Å². The van der Waals surface area contributed by atoms with Crippen LogP contribution >= 0.6 is 0 Å². The average molecular weight is 266 g/mol. The smallest absolute Gasteiger partial charge is 0.323 e. The van der Waals surface area contributed by atoms with Crippen molar-refractivity contribution in [3.8, 4) is 0 Å². The molecule has 6 nitrogen and oxygen atoms in total. The first-order chi connectivity index (χ1) is 8.95. The van der Waals surface area contributed by atoms with Crippen LogP contribution in [0, 0.1) is 16.0 Å². The molecular formula is C13H18N2O4. The van der Waals surface area contributed by atoms with Gasteiger partial charge in [0.1, 0.15) is 12.6 Å². The van der Waals surface area contributed by atoms with Gasteiger partial charge in [0.25, 0.3) is 5.69 Å². The molecule has 0 unspecified atom stereocenters. The maximum absolute atomic E-state index is 11.6. The fourth-order valence-corrected chi connectivity index (χ4v) is 1.45. The average Bonchev–Trinajstić information content (AvgIpc) is 2.43. The van der Waals surface area contributed by atoms with Crippen molar-refractivity contribution >= 4 is 11.7 Å². The summed E-state index contributed by atoms with van der Waals surface area (Å²) in [7, 11) is 0. The summed E-state index contributed by atoms with van der Waals surface area (Å²) in [4.78, 5) is 21.6. The van der Waals surface area contributed by atoms with E-state index in [4.69, 9.17) is 10.5 Å². The minimum Gasteiger partial charge on any atom is -0.460 e. The van der Waals surface area contributed by atoms with Crippen LogP contribution in [0.3, 0.4) is 0 Å². The van der Waals surface area contributed by atoms with Gasteiger partial charge in [0.2, 0.25) is 0 Å². The number of hydrogen-bond donors (Lipinski definition) is 1. The number of hydrogen-bond acceptors (Lipinski definition) is 5. The topological polar surface area (TPSA) is 95.5 Å². The number of carbonyl (C=O) groups is 1. The van der Waals surface area contributed by atoms with Crippen molar-refractivity contribution in [3.05, 3.63) is 39.9 Å². The number of nitrogens with zero attached hydrogens (tertiary/aromatic N) is 1. The molecule has 1 aromatic carbocycles. The zero-order valence-electron chi connectivity index (χ0n) is 11.0. The Hall–Kier alpha value is -1.95. The molecule has 104 valence electrons. The van der Waals surface area contributed by atoms with Crippen LogP contribution < -0.4 is 5.73 Å². The van der Waals surface area contributed by atoms with E-state index in [9.17, 15) is 14.9 Å². The molecule has 2 N–H and O–H groups in total. The lowest BCUT2D eigenvalue weighted by atomic mass is 10.0. The molecule has 0 aliphatic carbocycles. The third-order valence-corrected chi connectivity index (χ3v) is 3.06. The fraction of sp³-hybridized carbons (Fsp3) is 0.462. The third kappa shape index (κ3) is 4.33. The van der Waals surface area contributed by atoms with Gasteiger partial charge in [-0.3, -0.25) is 14.9 Å². The second kappa shape index (κ2) is 6.84. The number of nitrogens with two attached hydrogens (primary N) is 1. The Morgan fingerprint density at radius 3 is 2.47 bits per heavy atom. The number of nitro groups is 1. The monoisotopic (exact) mass is 266 g/mol. The van der Waals surface area contributed by atoms with Gasteiger partial charge in [-0.15, -0.1) is 0 Å². The van der Waals surface area contributed by atoms with Crippen molar-refractivity contribution in [2.45, 2.75) is 32.9 Å². The van der Waals surface area contributed by atoms with Gasteiger partial charge in [0.15, 0.2) is 0 Å². The molecule has 1 rings (SSSR count). The van der Waals surface area contributed by atoms with E-state index in [1.54, 1.807) is 12.1 Å². The molecule has 1 aromatic rings. The number of benzene rings is 1. The van der Waals surface area contributed by atoms with Gasteiger partial charge in [-0.05, 0) is 23.6 Å². The number of nitro benzene ring substituents is 1. The molecule has 0 saturated heterocycles. The predicted octanol–water partition coefficient (Wildman–Crippen LogP) is 2.01. The Balaban J connectivity index is 2.52. The Bertz CT molecular complexity index is 444. The van der Waals surface area contributed by atoms with Crippen LogP contribution in [0.15, 0.2) is 24.3 Å². The van der Waals surface area contributed by atoms with Gasteiger partial charge in [0.05, 0.1) is 4.92 Å². The highest BCUT2D eigenvalue weighted by Gasteiger charge is 2.20. The maximum atomic E-state index is 11.6. The first-order valence-electron chi connectivity index (χ1n) is 6.11. The maximum Gasteiger partial charge on any atom is 0.323 e. The van der Waals surface area contributed by atoms with E-state index in [2.05, 4.69) is 0 Å². The summed E-state index contributed by atoms with van der Waals surface area (Å²) in [6, 6.07) is 5.22. The van der Waals surface area contributed by atoms with Crippen LogP contribution in [-0.4, -0.2) is 16.9 Å². The highest BCUT2D eigenvalue weighted by atomic mass is 16.6. The fourth-order valence-electron chi connectivity index (χ4n) is 1.45. The number of carbonyl (C=O) groups excluding carboxylic acids is 1. The Morgan fingerprint density at radius 1 is 1.42 bits per heavy atom. The second-order valence-electron chi connectivity index (χ2n) is 4.44. The number of rotatable bonds is 6. The van der Waals surface area contributed by atoms with Crippen molar-refractivity contribution in [2.24, 2.45) is 11.7 Å². The van der Waals surface area contributed by atoms with Crippen LogP contribution in [0.5, 0.6) is 0 Å². The summed E-state index contributed by atoms with van der Waals surface area (Å²) in [6.07, 6.45) is 0.799. The Morgan fingerprint density at radius 2 is 2.00 bits per heavy atom. The number of esters is 1. The van der Waals surface area contributed by atoms with Gasteiger partial charge >= 0.3 is 5.97 Å². The van der Waals surface area contributed by atoms with E-state index in [0.717, 1.165) is 6.42 Å². The van der Waals surface area contributed by atoms with Crippen molar-refractivity contribution in [2.75, 3.05) is 0 Å². The van der Waals surface area contributed by atoms with Crippen LogP contribution in [0.4, 0.5) is 5.69 Å². The first-order valence-corrected chi connectivity index (χ1v) is 6.11. The van der Waals surface area contributed by atoms with Crippen molar-refractivity contribution < 1.29 is 14.5 Å². The summed E-state index contributed by atoms with van der Waals surface area (Å²) < 4.78 is 5.08. The minimum atomic E-state index is -0.636. The third-order valence-electron chi connectivity index (χ3n) is 3.06. The minimum absolute atomic E-state index is 0.00591. The van der Waals surface area contributed by atoms with Crippen LogP contribution in [0.25, 0.3) is 0 Å². The largest absolute Gasteiger partial charge is 0.460 e. The van der Waals surface area contributed by atoms with Crippen molar-refractivity contribution in [1.29, 1.82) is 0 Å². The highest BCUT2D eigenvalue weighted by molar-refractivity contribution is 5.75. The summed E-state index contributed by atoms with van der Waals surface area (Å²) >= 11 is 0. The number of ether oxygens (including phenoxy) is 1. The van der Waals surface area contributed by atoms with E-state index in [1.807, 2.05) is 13.8 Å². The second-order valence-corrected chi connectivity index (χ2v) is 4.44. The van der Waals surface area contributed by atoms with E-state index in [1.165, 1.54) is 12.1 Å². The van der Waals surface area contributed by atoms with Gasteiger partial charge in [-0.1, -0.05) is 20.3 Å². The molecule has 0 aliphatic heterocycles. The highest BCUT2D eigenvalue weighted by Crippen LogP contribution is 2.13. The van der Waals surface area contributed by atoms with E-state index in [-0.39, 0.29) is 18.2 Å². The molecule has 0 spiro atoms. The quantitative estimate of drug-likeness (QED) is 0.482. The molecule has 0 aromatic heterocycles. The summed E-state index contributed by atoms with van der Waals surface area (Å²) in [6.45, 7) is 3.91. The molecule has 0 bridgehead atoms. The molecule has 0 saturated carbocycles. The predicted molar refractivity (Wildman–Crippen MR) is 70.3 cm³/mol. The normalized spacial score (nSPS) is 13.6. The van der Waals surface area contributed by atoms with Crippen LogP contribution in [0.1, 0.15) is 25.8 Å². The number of non-ortho nitro benzene ring substituents is 1. The van der Waals surface area contributed by atoms with E-state index in [0.29, 0.717) is 5.56 Å². The van der Waals surface area contributed by atoms with Gasteiger partial charge < -0.3 is 10.5 Å². The lowest BCUT2D eigenvalue weighted by Crippen LogP contribution is -2.37. The van der Waals surface area contributed by atoms with E-state index >= 15 is 0 Å². The summed E-state index contributed by atoms with van der Waals surface area (Å²) in [5.74, 6) is -0.392. The molecule has 0 fully saturated rings. The zero-order chi connectivity index (χ0) is 14.4. The van der Waals surface area contributed by atoms with Crippen molar-refractivity contribution in [3.63, 3.8) is 0 Å².